The lowest BCUT2D eigenvalue weighted by molar-refractivity contribution is -0.255. The van der Waals surface area contributed by atoms with Crippen molar-refractivity contribution in [3.05, 3.63) is 141 Å². The molecule has 4 atom stereocenters. The first-order chi connectivity index (χ1) is 40.0. The van der Waals surface area contributed by atoms with E-state index in [0.29, 0.717) is 117 Å². The Labute approximate surface area is 496 Å². The molecule has 7 N–H and O–H groups in total. The van der Waals surface area contributed by atoms with Gasteiger partial charge < -0.3 is 66.2 Å². The first kappa shape index (κ1) is 61.3. The third kappa shape index (κ3) is 16.7. The number of nitrogens with zero attached hydrogens (tertiary/aromatic N) is 1. The molecule has 0 spiro atoms. The van der Waals surface area contributed by atoms with Crippen molar-refractivity contribution in [1.29, 1.82) is 0 Å². The highest BCUT2D eigenvalue weighted by molar-refractivity contribution is 8.00. The van der Waals surface area contributed by atoms with Crippen LogP contribution >= 0.6 is 24.0 Å². The molecule has 3 aliphatic rings. The largest absolute Gasteiger partial charge is 0.545 e. The van der Waals surface area contributed by atoms with Gasteiger partial charge >= 0.3 is 6.03 Å². The van der Waals surface area contributed by atoms with Crippen LogP contribution in [0.3, 0.4) is 0 Å². The molecule has 0 bridgehead atoms. The molecule has 440 valence electrons. The van der Waals surface area contributed by atoms with Gasteiger partial charge in [-0.1, -0.05) is 48.4 Å². The number of aromatic carboxylic acids is 1. The molecule has 5 aromatic rings. The average Bonchev–Trinajstić information content (AvgIpc) is 2.23. The van der Waals surface area contributed by atoms with Crippen molar-refractivity contribution in [2.75, 3.05) is 62.9 Å². The summed E-state index contributed by atoms with van der Waals surface area (Å²) in [5.41, 5.74) is 6.58. The number of hydrogen-bond acceptors (Lipinski definition) is 12. The summed E-state index contributed by atoms with van der Waals surface area (Å²) in [6.07, 6.45) is 6.77. The summed E-state index contributed by atoms with van der Waals surface area (Å²) < 4.78 is 18.5. The number of carboxylic acid groups (broad SMARTS) is 1. The lowest BCUT2D eigenvalue weighted by atomic mass is 9.88. The van der Waals surface area contributed by atoms with Crippen LogP contribution in [0.25, 0.3) is 11.1 Å². The number of benzene rings is 5. The van der Waals surface area contributed by atoms with Crippen molar-refractivity contribution in [2.24, 2.45) is 0 Å². The maximum absolute atomic E-state index is 13.8. The zero-order valence-electron chi connectivity index (χ0n) is 48.3. The second-order valence-electron chi connectivity index (χ2n) is 21.7. The molecule has 3 aliphatic heterocycles. The Hall–Kier alpha value is -7.77. The molecule has 0 aliphatic carbocycles. The van der Waals surface area contributed by atoms with Gasteiger partial charge in [0.05, 0.1) is 18.1 Å². The number of rotatable bonds is 28. The van der Waals surface area contributed by atoms with Crippen molar-refractivity contribution in [2.45, 2.75) is 115 Å². The molecule has 0 aromatic heterocycles. The number of anilines is 2. The molecule has 5 amide bonds. The third-order valence-electron chi connectivity index (χ3n) is 15.1. The van der Waals surface area contributed by atoms with Gasteiger partial charge in [-0.05, 0) is 162 Å². The molecule has 83 heavy (non-hydrogen) atoms. The summed E-state index contributed by atoms with van der Waals surface area (Å²) in [6.45, 7) is 9.90. The van der Waals surface area contributed by atoms with Crippen molar-refractivity contribution in [1.82, 2.24) is 31.9 Å². The monoisotopic (exact) mass is 1170 g/mol. The number of aryl methyl sites for hydroxylation is 2. The molecule has 19 heteroatoms. The van der Waals surface area contributed by atoms with E-state index in [-0.39, 0.29) is 46.2 Å². The minimum atomic E-state index is -1.41. The van der Waals surface area contributed by atoms with Crippen LogP contribution in [0.2, 0.25) is 0 Å². The summed E-state index contributed by atoms with van der Waals surface area (Å²) in [7, 11) is 3.88. The molecule has 2 saturated heterocycles. The summed E-state index contributed by atoms with van der Waals surface area (Å²) in [5, 5.41) is 36.7. The molecular formula is C64H77N8O9S2-. The third-order valence-corrected chi connectivity index (χ3v) is 16.8. The van der Waals surface area contributed by atoms with E-state index in [1.807, 2.05) is 137 Å². The van der Waals surface area contributed by atoms with Gasteiger partial charge in [0.25, 0.3) is 5.91 Å². The Bertz CT molecular complexity index is 3310. The van der Waals surface area contributed by atoms with Gasteiger partial charge in [-0.2, -0.15) is 11.8 Å². The minimum absolute atomic E-state index is 0.00329. The zero-order chi connectivity index (χ0) is 59.0. The molecule has 0 saturated carbocycles. The number of hydrogen-bond donors (Lipinski definition) is 7. The predicted octanol–water partition coefficient (Wildman–Crippen LogP) is 7.12. The lowest BCUT2D eigenvalue weighted by Crippen LogP contribution is -2.48. The summed E-state index contributed by atoms with van der Waals surface area (Å²) in [4.78, 5) is 66.6. The van der Waals surface area contributed by atoms with E-state index in [4.69, 9.17) is 26.4 Å². The number of thioether (sulfide) groups is 1. The number of nitrogens with one attached hydrogen (secondary N) is 7. The van der Waals surface area contributed by atoms with Crippen molar-refractivity contribution < 1.29 is 43.3 Å². The molecular weight excluding hydrogens is 1090 g/mol. The van der Waals surface area contributed by atoms with Crippen LogP contribution in [0, 0.1) is 13.8 Å². The number of amides is 5. The number of urea groups is 1. The predicted molar refractivity (Wildman–Crippen MR) is 330 cm³/mol. The van der Waals surface area contributed by atoms with Crippen LogP contribution in [0.15, 0.2) is 97.1 Å². The molecule has 17 nitrogen and oxygen atoms in total. The van der Waals surface area contributed by atoms with Crippen LogP contribution in [-0.2, 0) is 9.59 Å². The molecule has 5 aromatic carbocycles. The van der Waals surface area contributed by atoms with Crippen LogP contribution in [0.5, 0.6) is 23.0 Å². The van der Waals surface area contributed by atoms with Gasteiger partial charge in [0.1, 0.15) is 42.3 Å². The van der Waals surface area contributed by atoms with Crippen LogP contribution in [0.4, 0.5) is 16.2 Å². The molecule has 3 heterocycles. The zero-order valence-corrected chi connectivity index (χ0v) is 49.9. The Morgan fingerprint density at radius 3 is 2.28 bits per heavy atom. The van der Waals surface area contributed by atoms with Gasteiger partial charge in [0.15, 0.2) is 5.11 Å². The van der Waals surface area contributed by atoms with Gasteiger partial charge in [-0.15, -0.1) is 0 Å². The Morgan fingerprint density at radius 2 is 1.51 bits per heavy atom. The first-order valence-corrected chi connectivity index (χ1v) is 30.2. The number of carboxylic acids is 1. The number of carbonyl (C=O) groups is 5. The molecule has 0 radical (unpaired) electrons. The quantitative estimate of drug-likeness (QED) is 0.0148. The van der Waals surface area contributed by atoms with Crippen molar-refractivity contribution in [3.8, 4) is 23.0 Å². The minimum Gasteiger partial charge on any atom is -0.545 e. The van der Waals surface area contributed by atoms with E-state index in [1.165, 1.54) is 6.07 Å². The lowest BCUT2D eigenvalue weighted by Gasteiger charge is -2.25. The van der Waals surface area contributed by atoms with E-state index in [2.05, 4.69) is 37.2 Å². The Balaban J connectivity index is 0.816. The number of ether oxygens (including phenoxy) is 3. The van der Waals surface area contributed by atoms with E-state index in [9.17, 15) is 29.1 Å². The smallest absolute Gasteiger partial charge is 0.315 e. The van der Waals surface area contributed by atoms with E-state index in [1.54, 1.807) is 12.1 Å². The summed E-state index contributed by atoms with van der Waals surface area (Å²) in [6, 6.07) is 29.4. The highest BCUT2D eigenvalue weighted by Gasteiger charge is 2.42. The van der Waals surface area contributed by atoms with Crippen molar-refractivity contribution >= 4 is 81.3 Å². The van der Waals surface area contributed by atoms with E-state index < -0.39 is 17.9 Å². The number of para-hydroxylation sites is 1. The SMILES string of the molecule is CC(C)=c1ccc2c(c1)Oc1cc(N(C)C)ccc1C=2c1ccc(C(=O)NCCCCCNC(=O)C(CCCCNC(=O)CCCCC2SCC3NC(=O)NC32)NC(=S)Nc2ccc(C)c(OCCOc3ccccc3C)c2)cc1C(=O)[O-]. The van der Waals surface area contributed by atoms with Gasteiger partial charge in [0.2, 0.25) is 11.8 Å². The van der Waals surface area contributed by atoms with Crippen LogP contribution in [0.1, 0.15) is 121 Å². The second kappa shape index (κ2) is 29.5. The number of unbranched alkanes of at least 4 members (excludes halogenated alkanes) is 4. The fraction of sp³-hybridized carbons (Fsp3) is 0.406. The highest BCUT2D eigenvalue weighted by atomic mass is 32.2. The summed E-state index contributed by atoms with van der Waals surface area (Å²) >= 11 is 7.63. The van der Waals surface area contributed by atoms with Gasteiger partial charge in [-0.3, -0.25) is 14.4 Å². The van der Waals surface area contributed by atoms with E-state index in [0.717, 1.165) is 69.2 Å². The van der Waals surface area contributed by atoms with Crippen LogP contribution < -0.4 is 71.9 Å². The standard InChI is InChI=1S/C64H78N8O9S2/c1-39(2)42-22-27-47-54(35-42)81-55-37-45(72(5)6)25-28-48(55)58(47)46-26-23-43(34-49(46)62(76)77)60(74)66-30-13-7-14-31-67-61(75)50(17-12-15-29-65-57(73)20-11-10-19-56-59-51(38-83-56)69-63(78)71-59)70-64(82)68-44-24-21-41(4)53(36-44)80-33-32-79-52-18-9-8-16-40(52)3/h8-9,16,18,21-28,34-37,50-51,56,59H,7,10-15,17,19-20,29-33,38H2,1-6H3,(H,65,73)(H,66,74)(H,67,75)(H,76,77)(H2,68,70,82)(H2,69,71,78)/p-1. The highest BCUT2D eigenvalue weighted by Crippen LogP contribution is 2.39. The van der Waals surface area contributed by atoms with Gasteiger partial charge in [0, 0.05) is 102 Å². The van der Waals surface area contributed by atoms with Crippen LogP contribution in [-0.4, -0.2) is 111 Å². The molecule has 8 rings (SSSR count). The number of thiocarbonyl (C=S) groups is 1. The fourth-order valence-electron chi connectivity index (χ4n) is 10.4. The topological polar surface area (TPSA) is 224 Å². The number of carbonyl (C=O) groups excluding carboxylic acids is 5. The summed E-state index contributed by atoms with van der Waals surface area (Å²) in [5.74, 6) is 1.54. The molecule has 4 unspecified atom stereocenters. The first-order valence-electron chi connectivity index (χ1n) is 28.7. The van der Waals surface area contributed by atoms with Gasteiger partial charge in [-0.25, -0.2) is 4.79 Å². The Kier molecular flexibility index (Phi) is 21.8. The fourth-order valence-corrected chi connectivity index (χ4v) is 12.2. The number of fused-ring (bicyclic) bond motifs is 3. The average molecular weight is 1170 g/mol. The van der Waals surface area contributed by atoms with E-state index >= 15 is 0 Å². The maximum Gasteiger partial charge on any atom is 0.315 e. The maximum atomic E-state index is 13.8. The normalized spacial score (nSPS) is 15.9. The Morgan fingerprint density at radius 1 is 0.771 bits per heavy atom. The molecule has 2 fully saturated rings. The second-order valence-corrected chi connectivity index (χ2v) is 23.4. The van der Waals surface area contributed by atoms with Crippen molar-refractivity contribution in [3.63, 3.8) is 0 Å².